The van der Waals surface area contributed by atoms with Gasteiger partial charge in [0.25, 0.3) is 0 Å². The summed E-state index contributed by atoms with van der Waals surface area (Å²) >= 11 is 0. The molecule has 0 N–H and O–H groups in total. The molecule has 0 amide bonds. The Kier molecular flexibility index (Phi) is 5.38. The van der Waals surface area contributed by atoms with Crippen molar-refractivity contribution in [1.82, 2.24) is 14.4 Å². The van der Waals surface area contributed by atoms with Crippen LogP contribution in [0.5, 0.6) is 0 Å². The summed E-state index contributed by atoms with van der Waals surface area (Å²) in [7, 11) is 0. The molecular formula is C46H27N3. The number of aromatic nitrogens is 3. The second-order valence-corrected chi connectivity index (χ2v) is 13.0. The van der Waals surface area contributed by atoms with Gasteiger partial charge >= 0.3 is 0 Å². The Morgan fingerprint density at radius 3 is 1.78 bits per heavy atom. The van der Waals surface area contributed by atoms with Gasteiger partial charge in [-0.05, 0) is 103 Å². The maximum absolute atomic E-state index is 5.12. The largest absolute Gasteiger partial charge is 0.292 e. The van der Waals surface area contributed by atoms with Crippen LogP contribution < -0.4 is 0 Å². The van der Waals surface area contributed by atoms with E-state index in [0.29, 0.717) is 0 Å². The monoisotopic (exact) mass is 621 g/mol. The summed E-state index contributed by atoms with van der Waals surface area (Å²) in [5, 5.41) is 12.3. The van der Waals surface area contributed by atoms with Crippen LogP contribution in [-0.2, 0) is 0 Å². The van der Waals surface area contributed by atoms with Gasteiger partial charge in [0.05, 0.1) is 22.1 Å². The Hall–Kier alpha value is -6.58. The van der Waals surface area contributed by atoms with Gasteiger partial charge in [-0.2, -0.15) is 0 Å². The van der Waals surface area contributed by atoms with Gasteiger partial charge in [0.15, 0.2) is 0 Å². The zero-order chi connectivity index (χ0) is 32.1. The summed E-state index contributed by atoms with van der Waals surface area (Å²) in [6.45, 7) is 0. The summed E-state index contributed by atoms with van der Waals surface area (Å²) < 4.78 is 2.31. The third-order valence-corrected chi connectivity index (χ3v) is 10.4. The third kappa shape index (κ3) is 3.78. The molecule has 0 saturated heterocycles. The molecule has 0 radical (unpaired) electrons. The third-order valence-electron chi connectivity index (χ3n) is 10.4. The standard InChI is InChI=1S/C46H27N3/c1-2-14-35-33(12-1)34-13-3-4-15-36(34)39-26-31(19-21-37(35)39)29-9-7-10-30(25-29)32-20-23-42-40(27-32)44-38(22-18-28-11-8-24-47-45(28)44)46-48-41-16-5-6-17-43(41)49(42)46/h1-27H. The molecule has 49 heavy (non-hydrogen) atoms. The van der Waals surface area contributed by atoms with E-state index in [1.807, 2.05) is 12.3 Å². The Labute approximate surface area is 281 Å². The lowest BCUT2D eigenvalue weighted by molar-refractivity contribution is 1.31. The molecule has 11 rings (SSSR count). The summed E-state index contributed by atoms with van der Waals surface area (Å²) in [6.07, 6.45) is 1.89. The number of benzene rings is 8. The number of imidazole rings is 1. The van der Waals surface area contributed by atoms with Crippen LogP contribution in [0.1, 0.15) is 0 Å². The van der Waals surface area contributed by atoms with E-state index in [0.717, 1.165) is 43.9 Å². The molecule has 0 bridgehead atoms. The van der Waals surface area contributed by atoms with Gasteiger partial charge in [-0.15, -0.1) is 0 Å². The zero-order valence-electron chi connectivity index (χ0n) is 26.4. The quantitative estimate of drug-likeness (QED) is 0.180. The first-order valence-corrected chi connectivity index (χ1v) is 16.7. The van der Waals surface area contributed by atoms with Crippen LogP contribution in [0.3, 0.4) is 0 Å². The van der Waals surface area contributed by atoms with Crippen molar-refractivity contribution in [2.45, 2.75) is 0 Å². The van der Waals surface area contributed by atoms with E-state index in [1.165, 1.54) is 60.0 Å². The average Bonchev–Trinajstić information content (AvgIpc) is 3.57. The van der Waals surface area contributed by atoms with Crippen molar-refractivity contribution >= 4 is 81.6 Å². The summed E-state index contributed by atoms with van der Waals surface area (Å²) in [6, 6.07) is 57.2. The van der Waals surface area contributed by atoms with Crippen molar-refractivity contribution in [3.05, 3.63) is 164 Å². The molecule has 226 valence electrons. The Morgan fingerprint density at radius 2 is 1.00 bits per heavy atom. The molecule has 0 aliphatic heterocycles. The van der Waals surface area contributed by atoms with Crippen molar-refractivity contribution < 1.29 is 0 Å². The Morgan fingerprint density at radius 1 is 0.388 bits per heavy atom. The number of pyridine rings is 2. The van der Waals surface area contributed by atoms with Gasteiger partial charge in [0.1, 0.15) is 5.65 Å². The molecule has 8 aromatic carbocycles. The molecule has 3 heteroatoms. The van der Waals surface area contributed by atoms with E-state index >= 15 is 0 Å². The van der Waals surface area contributed by atoms with Crippen LogP contribution in [0.15, 0.2) is 164 Å². The minimum absolute atomic E-state index is 0.961. The number of para-hydroxylation sites is 2. The zero-order valence-corrected chi connectivity index (χ0v) is 26.4. The van der Waals surface area contributed by atoms with E-state index in [4.69, 9.17) is 9.97 Å². The van der Waals surface area contributed by atoms with E-state index in [-0.39, 0.29) is 0 Å². The Bertz CT molecular complexity index is 3130. The fourth-order valence-electron chi connectivity index (χ4n) is 8.13. The van der Waals surface area contributed by atoms with Crippen LogP contribution in [0.4, 0.5) is 0 Å². The van der Waals surface area contributed by atoms with Crippen LogP contribution in [0, 0.1) is 0 Å². The summed E-state index contributed by atoms with van der Waals surface area (Å²) in [5.41, 5.74) is 9.95. The average molecular weight is 622 g/mol. The number of rotatable bonds is 2. The molecule has 0 atom stereocenters. The molecule has 3 nitrogen and oxygen atoms in total. The van der Waals surface area contributed by atoms with Gasteiger partial charge in [0.2, 0.25) is 0 Å². The van der Waals surface area contributed by atoms with E-state index in [2.05, 4.69) is 156 Å². The number of nitrogens with zero attached hydrogens (tertiary/aromatic N) is 3. The molecule has 0 fully saturated rings. The van der Waals surface area contributed by atoms with Crippen LogP contribution in [-0.4, -0.2) is 14.4 Å². The maximum Gasteiger partial charge on any atom is 0.146 e. The number of hydrogen-bond donors (Lipinski definition) is 0. The second kappa shape index (κ2) is 9.96. The summed E-state index contributed by atoms with van der Waals surface area (Å²) in [5.74, 6) is 0. The van der Waals surface area contributed by atoms with E-state index < -0.39 is 0 Å². The molecule has 0 spiro atoms. The van der Waals surface area contributed by atoms with Gasteiger partial charge in [0, 0.05) is 27.7 Å². The molecular weight excluding hydrogens is 595 g/mol. The van der Waals surface area contributed by atoms with E-state index in [9.17, 15) is 0 Å². The van der Waals surface area contributed by atoms with Crippen molar-refractivity contribution in [2.75, 3.05) is 0 Å². The van der Waals surface area contributed by atoms with Gasteiger partial charge in [-0.3, -0.25) is 9.38 Å². The minimum Gasteiger partial charge on any atom is -0.292 e. The first-order valence-electron chi connectivity index (χ1n) is 16.7. The normalized spacial score (nSPS) is 12.1. The van der Waals surface area contributed by atoms with Crippen LogP contribution in [0.2, 0.25) is 0 Å². The van der Waals surface area contributed by atoms with Crippen molar-refractivity contribution in [3.63, 3.8) is 0 Å². The first kappa shape index (κ1) is 26.5. The molecule has 0 aliphatic rings. The Balaban J connectivity index is 1.15. The number of hydrogen-bond acceptors (Lipinski definition) is 2. The SMILES string of the molecule is c1cc(-c2ccc3c4ccccc4c4ccccc4c3c2)cc(-c2ccc3c(c2)c2c(ccc4cccnc42)c2nc4ccccc4n32)c1. The molecule has 3 aromatic heterocycles. The molecule has 11 aromatic rings. The van der Waals surface area contributed by atoms with Crippen LogP contribution in [0.25, 0.3) is 104 Å². The fraction of sp³-hybridized carbons (Fsp3) is 0. The maximum atomic E-state index is 5.12. The first-order chi connectivity index (χ1) is 24.3. The lowest BCUT2D eigenvalue weighted by atomic mass is 9.91. The predicted octanol–water partition coefficient (Wildman–Crippen LogP) is 12.1. The second-order valence-electron chi connectivity index (χ2n) is 13.0. The molecule has 0 aliphatic carbocycles. The predicted molar refractivity (Wildman–Crippen MR) is 206 cm³/mol. The lowest BCUT2D eigenvalue weighted by Gasteiger charge is -2.14. The topological polar surface area (TPSA) is 30.2 Å². The highest BCUT2D eigenvalue weighted by Gasteiger charge is 2.17. The highest BCUT2D eigenvalue weighted by atomic mass is 15.0. The van der Waals surface area contributed by atoms with E-state index in [1.54, 1.807) is 0 Å². The summed E-state index contributed by atoms with van der Waals surface area (Å²) in [4.78, 5) is 10.0. The lowest BCUT2D eigenvalue weighted by Crippen LogP contribution is -1.94. The molecule has 0 saturated carbocycles. The van der Waals surface area contributed by atoms with Crippen molar-refractivity contribution in [1.29, 1.82) is 0 Å². The minimum atomic E-state index is 0.961. The van der Waals surface area contributed by atoms with Crippen LogP contribution >= 0.6 is 0 Å². The van der Waals surface area contributed by atoms with Gasteiger partial charge < -0.3 is 0 Å². The van der Waals surface area contributed by atoms with Crippen molar-refractivity contribution in [2.24, 2.45) is 0 Å². The molecule has 3 heterocycles. The fourth-order valence-corrected chi connectivity index (χ4v) is 8.13. The van der Waals surface area contributed by atoms with Gasteiger partial charge in [-0.1, -0.05) is 109 Å². The highest BCUT2D eigenvalue weighted by molar-refractivity contribution is 6.26. The van der Waals surface area contributed by atoms with Gasteiger partial charge in [-0.25, -0.2) is 4.98 Å². The number of fused-ring (bicyclic) bond motifs is 16. The smallest absolute Gasteiger partial charge is 0.146 e. The van der Waals surface area contributed by atoms with Crippen molar-refractivity contribution in [3.8, 4) is 22.3 Å². The molecule has 0 unspecified atom stereocenters. The highest BCUT2D eigenvalue weighted by Crippen LogP contribution is 2.40.